The molecule has 0 aliphatic heterocycles. The SMILES string of the molecule is CCC(C)C(Cl)(Cl)S(C)=O.[Ru]. The van der Waals surface area contributed by atoms with E-state index >= 15 is 0 Å². The molecule has 0 heterocycles. The second-order valence-electron chi connectivity index (χ2n) is 2.33. The van der Waals surface area contributed by atoms with Crippen molar-refractivity contribution < 1.29 is 23.7 Å². The van der Waals surface area contributed by atoms with E-state index in [0.717, 1.165) is 6.42 Å². The van der Waals surface area contributed by atoms with E-state index in [1.165, 1.54) is 6.26 Å². The normalized spacial score (nSPS) is 16.8. The molecule has 0 bridgehead atoms. The zero-order chi connectivity index (χ0) is 8.36. The molecule has 5 heteroatoms. The first-order valence-corrected chi connectivity index (χ1v) is 5.45. The molecule has 1 nitrogen and oxygen atoms in total. The maximum absolute atomic E-state index is 10.9. The zero-order valence-electron chi connectivity index (χ0n) is 6.71. The predicted octanol–water partition coefficient (Wildman–Crippen LogP) is 2.54. The van der Waals surface area contributed by atoms with Crippen LogP contribution in [0.4, 0.5) is 0 Å². The molecule has 0 aromatic rings. The van der Waals surface area contributed by atoms with E-state index in [-0.39, 0.29) is 25.4 Å². The van der Waals surface area contributed by atoms with Crippen molar-refractivity contribution in [3.63, 3.8) is 0 Å². The molecule has 0 radical (unpaired) electrons. The van der Waals surface area contributed by atoms with Crippen molar-refractivity contribution in [1.29, 1.82) is 0 Å². The van der Waals surface area contributed by atoms with Crippen molar-refractivity contribution in [2.75, 3.05) is 6.26 Å². The topological polar surface area (TPSA) is 17.1 Å². The monoisotopic (exact) mass is 304 g/mol. The van der Waals surface area contributed by atoms with E-state index in [1.807, 2.05) is 13.8 Å². The Hall–Kier alpha value is 1.35. The molecule has 0 aliphatic rings. The van der Waals surface area contributed by atoms with Crippen LogP contribution in [-0.4, -0.2) is 14.1 Å². The summed E-state index contributed by atoms with van der Waals surface area (Å²) in [5.74, 6) is 0.0710. The molecule has 0 fully saturated rings. The second-order valence-corrected chi connectivity index (χ2v) is 5.71. The summed E-state index contributed by atoms with van der Waals surface area (Å²) < 4.78 is 9.84. The molecule has 0 saturated carbocycles. The summed E-state index contributed by atoms with van der Waals surface area (Å²) in [6.07, 6.45) is 2.36. The van der Waals surface area contributed by atoms with Gasteiger partial charge in [-0.05, 0) is 6.42 Å². The van der Waals surface area contributed by atoms with Gasteiger partial charge in [0.25, 0.3) is 0 Å². The fraction of sp³-hybridized carbons (Fsp3) is 1.00. The molecule has 0 aromatic heterocycles. The van der Waals surface area contributed by atoms with Crippen molar-refractivity contribution in [1.82, 2.24) is 0 Å². The van der Waals surface area contributed by atoms with Gasteiger partial charge >= 0.3 is 0 Å². The van der Waals surface area contributed by atoms with E-state index in [4.69, 9.17) is 23.2 Å². The van der Waals surface area contributed by atoms with Gasteiger partial charge in [-0.2, -0.15) is 0 Å². The average molecular weight is 304 g/mol. The largest absolute Gasteiger partial charge is 0.257 e. The Kier molecular flexibility index (Phi) is 7.98. The summed E-state index contributed by atoms with van der Waals surface area (Å²) in [4.78, 5) is 0. The fourth-order valence-corrected chi connectivity index (χ4v) is 1.56. The van der Waals surface area contributed by atoms with Gasteiger partial charge in [-0.1, -0.05) is 37.0 Å². The summed E-state index contributed by atoms with van der Waals surface area (Å²) in [6.45, 7) is 3.86. The number of rotatable bonds is 3. The molecule has 70 valence electrons. The van der Waals surface area contributed by atoms with Crippen LogP contribution in [0.25, 0.3) is 0 Å². The molecule has 2 unspecified atom stereocenters. The molecule has 2 atom stereocenters. The van der Waals surface area contributed by atoms with Gasteiger partial charge in [0, 0.05) is 31.7 Å². The number of halogens is 2. The Labute approximate surface area is 93.4 Å². The molecule has 0 N–H and O–H groups in total. The summed E-state index contributed by atoms with van der Waals surface area (Å²) in [5, 5.41) is 0. The summed E-state index contributed by atoms with van der Waals surface area (Å²) >= 11 is 11.6. The van der Waals surface area contributed by atoms with Crippen molar-refractivity contribution in [3.05, 3.63) is 0 Å². The number of hydrogen-bond donors (Lipinski definition) is 0. The van der Waals surface area contributed by atoms with Crippen LogP contribution in [0.2, 0.25) is 0 Å². The maximum Gasteiger partial charge on any atom is 0.194 e. The van der Waals surface area contributed by atoms with Crippen molar-refractivity contribution in [2.45, 2.75) is 23.9 Å². The number of hydrogen-bond acceptors (Lipinski definition) is 1. The van der Waals surface area contributed by atoms with Gasteiger partial charge in [0.1, 0.15) is 0 Å². The summed E-state index contributed by atoms with van der Waals surface area (Å²) in [6, 6.07) is 0. The molecule has 11 heavy (non-hydrogen) atoms. The molecule has 0 amide bonds. The summed E-state index contributed by atoms with van der Waals surface area (Å²) in [5.41, 5.74) is 0. The van der Waals surface area contributed by atoms with Gasteiger partial charge in [0.2, 0.25) is 0 Å². The Morgan fingerprint density at radius 1 is 1.55 bits per heavy atom. The molecule has 0 aliphatic carbocycles. The Morgan fingerprint density at radius 2 is 1.91 bits per heavy atom. The van der Waals surface area contributed by atoms with Crippen LogP contribution >= 0.6 is 23.2 Å². The first-order valence-electron chi connectivity index (χ1n) is 3.14. The van der Waals surface area contributed by atoms with Crippen LogP contribution < -0.4 is 0 Å². The zero-order valence-corrected chi connectivity index (χ0v) is 10.8. The van der Waals surface area contributed by atoms with Gasteiger partial charge in [-0.3, -0.25) is 4.21 Å². The minimum atomic E-state index is -1.18. The first-order chi connectivity index (χ1) is 4.42. The quantitative estimate of drug-likeness (QED) is 0.578. The average Bonchev–Trinajstić information content (AvgIpc) is 1.86. The minimum Gasteiger partial charge on any atom is -0.257 e. The third-order valence-corrected chi connectivity index (χ3v) is 4.79. The van der Waals surface area contributed by atoms with Gasteiger partial charge < -0.3 is 0 Å². The van der Waals surface area contributed by atoms with Crippen LogP contribution in [0.5, 0.6) is 0 Å². The molecule has 0 spiro atoms. The van der Waals surface area contributed by atoms with Crippen LogP contribution in [0, 0.1) is 5.92 Å². The molecule has 0 aromatic carbocycles. The van der Waals surface area contributed by atoms with Crippen LogP contribution in [-0.2, 0) is 30.3 Å². The van der Waals surface area contributed by atoms with Crippen molar-refractivity contribution >= 4 is 34.0 Å². The summed E-state index contributed by atoms with van der Waals surface area (Å²) in [7, 11) is -1.18. The third kappa shape index (κ3) is 4.21. The van der Waals surface area contributed by atoms with Gasteiger partial charge in [0.15, 0.2) is 3.67 Å². The van der Waals surface area contributed by atoms with Crippen molar-refractivity contribution in [2.24, 2.45) is 5.92 Å². The van der Waals surface area contributed by atoms with E-state index in [0.29, 0.717) is 0 Å². The predicted molar refractivity (Wildman–Crippen MR) is 48.0 cm³/mol. The van der Waals surface area contributed by atoms with E-state index < -0.39 is 14.5 Å². The van der Waals surface area contributed by atoms with Crippen LogP contribution in [0.1, 0.15) is 20.3 Å². The molecular weight excluding hydrogens is 292 g/mol. The maximum atomic E-state index is 10.9. The third-order valence-electron chi connectivity index (χ3n) is 1.57. The molecule has 0 saturated heterocycles. The van der Waals surface area contributed by atoms with Crippen molar-refractivity contribution in [3.8, 4) is 0 Å². The van der Waals surface area contributed by atoms with Gasteiger partial charge in [0.05, 0.1) is 10.8 Å². The Balaban J connectivity index is 0. The Morgan fingerprint density at radius 3 is 2.00 bits per heavy atom. The molecule has 0 rings (SSSR count). The Bertz CT molecular complexity index is 141. The van der Waals surface area contributed by atoms with Gasteiger partial charge in [-0.15, -0.1) is 0 Å². The van der Waals surface area contributed by atoms with E-state index in [9.17, 15) is 4.21 Å². The fourth-order valence-electron chi connectivity index (χ4n) is 0.521. The number of alkyl halides is 2. The van der Waals surface area contributed by atoms with Gasteiger partial charge in [-0.25, -0.2) is 0 Å². The minimum absolute atomic E-state index is 0. The second kappa shape index (κ2) is 5.91. The van der Waals surface area contributed by atoms with Crippen LogP contribution in [0.15, 0.2) is 0 Å². The van der Waals surface area contributed by atoms with Crippen LogP contribution in [0.3, 0.4) is 0 Å². The van der Waals surface area contributed by atoms with E-state index in [1.54, 1.807) is 0 Å². The van der Waals surface area contributed by atoms with E-state index in [2.05, 4.69) is 0 Å². The smallest absolute Gasteiger partial charge is 0.194 e. The molecular formula is C6H12Cl2ORuS. The standard InChI is InChI=1S/C6H12Cl2OS.Ru/c1-4-5(2)6(7,8)10(3)9;/h5H,4H2,1-3H3;. The first kappa shape index (κ1) is 14.9.